The van der Waals surface area contributed by atoms with E-state index in [9.17, 15) is 0 Å². The molecule has 1 aliphatic rings. The summed E-state index contributed by atoms with van der Waals surface area (Å²) in [4.78, 5) is 6.65. The maximum absolute atomic E-state index is 6.01. The number of hydrogen-bond acceptors (Lipinski definition) is 4. The highest BCUT2D eigenvalue weighted by atomic mass is 35.5. The van der Waals surface area contributed by atoms with E-state index in [2.05, 4.69) is 45.5 Å². The second kappa shape index (κ2) is 6.90. The van der Waals surface area contributed by atoms with Gasteiger partial charge in [0.25, 0.3) is 0 Å². The Kier molecular flexibility index (Phi) is 4.47. The molecule has 0 saturated carbocycles. The number of nitrogens with zero attached hydrogens (tertiary/aromatic N) is 2. The average Bonchev–Trinajstić information content (AvgIpc) is 3.05. The molecule has 1 saturated heterocycles. The first kappa shape index (κ1) is 16.2. The van der Waals surface area contributed by atoms with Crippen molar-refractivity contribution in [2.75, 3.05) is 24.1 Å². The Labute approximate surface area is 152 Å². The third-order valence-corrected chi connectivity index (χ3v) is 5.12. The van der Waals surface area contributed by atoms with E-state index in [4.69, 9.17) is 17.3 Å². The van der Waals surface area contributed by atoms with Gasteiger partial charge in [-0.1, -0.05) is 29.8 Å². The van der Waals surface area contributed by atoms with Gasteiger partial charge < -0.3 is 11.1 Å². The fourth-order valence-corrected chi connectivity index (χ4v) is 3.63. The van der Waals surface area contributed by atoms with E-state index in [1.54, 1.807) is 0 Å². The van der Waals surface area contributed by atoms with Crippen LogP contribution in [-0.2, 0) is 6.54 Å². The summed E-state index contributed by atoms with van der Waals surface area (Å²) in [5, 5.41) is 6.71. The molecule has 0 radical (unpaired) electrons. The number of rotatable bonds is 4. The Bertz CT molecular complexity index is 891. The van der Waals surface area contributed by atoms with Crippen LogP contribution in [-0.4, -0.2) is 29.0 Å². The SMILES string of the molecule is Nc1cc(CN2CCC(Nc3cccc4cnccc34)C2)ccc1Cl. The van der Waals surface area contributed by atoms with Gasteiger partial charge in [0.2, 0.25) is 0 Å². The summed E-state index contributed by atoms with van der Waals surface area (Å²) in [6.45, 7) is 3.00. The van der Waals surface area contributed by atoms with Gasteiger partial charge in [-0.2, -0.15) is 0 Å². The number of fused-ring (bicyclic) bond motifs is 1. The molecule has 1 atom stereocenters. The molecule has 1 aliphatic heterocycles. The van der Waals surface area contributed by atoms with Crippen molar-refractivity contribution >= 4 is 33.7 Å². The number of nitrogens with two attached hydrogens (primary N) is 1. The summed E-state index contributed by atoms with van der Waals surface area (Å²) in [6.07, 6.45) is 4.89. The molecule has 4 rings (SSSR count). The molecule has 0 bridgehead atoms. The largest absolute Gasteiger partial charge is 0.398 e. The first-order chi connectivity index (χ1) is 12.2. The maximum atomic E-state index is 6.01. The second-order valence-electron chi connectivity index (χ2n) is 6.62. The molecule has 3 aromatic rings. The van der Waals surface area contributed by atoms with E-state index in [0.29, 0.717) is 16.8 Å². The molecule has 5 heteroatoms. The highest BCUT2D eigenvalue weighted by Crippen LogP contribution is 2.26. The number of benzene rings is 2. The number of nitrogen functional groups attached to an aromatic ring is 1. The van der Waals surface area contributed by atoms with Crippen molar-refractivity contribution in [1.29, 1.82) is 0 Å². The molecule has 1 aromatic heterocycles. The molecule has 1 fully saturated rings. The fraction of sp³-hybridized carbons (Fsp3) is 0.250. The van der Waals surface area contributed by atoms with Crippen molar-refractivity contribution in [3.8, 4) is 0 Å². The van der Waals surface area contributed by atoms with E-state index in [1.807, 2.05) is 24.5 Å². The minimum atomic E-state index is 0.448. The number of halogens is 1. The van der Waals surface area contributed by atoms with Crippen molar-refractivity contribution in [2.45, 2.75) is 19.0 Å². The summed E-state index contributed by atoms with van der Waals surface area (Å²) in [5.41, 5.74) is 8.95. The standard InChI is InChI=1S/C20H21ClN4/c21-18-5-4-14(10-19(18)22)12-25-9-7-16(13-25)24-20-3-1-2-15-11-23-8-6-17(15)20/h1-6,8,10-11,16,24H,7,9,12-13,22H2. The zero-order valence-electron chi connectivity index (χ0n) is 14.0. The van der Waals surface area contributed by atoms with Crippen molar-refractivity contribution in [1.82, 2.24) is 9.88 Å². The molecule has 25 heavy (non-hydrogen) atoms. The lowest BCUT2D eigenvalue weighted by Crippen LogP contribution is -2.26. The van der Waals surface area contributed by atoms with Gasteiger partial charge in [0.05, 0.1) is 10.7 Å². The van der Waals surface area contributed by atoms with E-state index < -0.39 is 0 Å². The number of anilines is 2. The molecule has 1 unspecified atom stereocenters. The monoisotopic (exact) mass is 352 g/mol. The first-order valence-corrected chi connectivity index (χ1v) is 8.92. The molecule has 128 valence electrons. The van der Waals surface area contributed by atoms with Gasteiger partial charge in [-0.05, 0) is 36.2 Å². The number of likely N-dealkylation sites (tertiary alicyclic amines) is 1. The van der Waals surface area contributed by atoms with Crippen molar-refractivity contribution < 1.29 is 0 Å². The van der Waals surface area contributed by atoms with Crippen LogP contribution in [0.4, 0.5) is 11.4 Å². The molecule has 3 N–H and O–H groups in total. The van der Waals surface area contributed by atoms with Gasteiger partial charge in [-0.3, -0.25) is 9.88 Å². The Hall–Kier alpha value is -2.30. The van der Waals surface area contributed by atoms with Gasteiger partial charge in [0, 0.05) is 54.5 Å². The summed E-state index contributed by atoms with van der Waals surface area (Å²) in [5.74, 6) is 0. The lowest BCUT2D eigenvalue weighted by molar-refractivity contribution is 0.329. The molecule has 2 aromatic carbocycles. The van der Waals surface area contributed by atoms with Crippen molar-refractivity contribution in [3.05, 3.63) is 65.4 Å². The van der Waals surface area contributed by atoms with E-state index in [1.165, 1.54) is 22.0 Å². The summed E-state index contributed by atoms with van der Waals surface area (Å²) in [7, 11) is 0. The van der Waals surface area contributed by atoms with Crippen LogP contribution in [0.15, 0.2) is 54.9 Å². The number of hydrogen-bond donors (Lipinski definition) is 2. The van der Waals surface area contributed by atoms with Crippen LogP contribution in [0.2, 0.25) is 5.02 Å². The molecular formula is C20H21ClN4. The molecule has 0 amide bonds. The number of pyridine rings is 1. The highest BCUT2D eigenvalue weighted by molar-refractivity contribution is 6.33. The minimum Gasteiger partial charge on any atom is -0.398 e. The summed E-state index contributed by atoms with van der Waals surface area (Å²) >= 11 is 6.01. The Morgan fingerprint density at radius 1 is 1.24 bits per heavy atom. The van der Waals surface area contributed by atoms with E-state index in [-0.39, 0.29) is 0 Å². The third-order valence-electron chi connectivity index (χ3n) is 4.78. The zero-order chi connectivity index (χ0) is 17.2. The lowest BCUT2D eigenvalue weighted by Gasteiger charge is -2.18. The van der Waals surface area contributed by atoms with Crippen LogP contribution >= 0.6 is 11.6 Å². The smallest absolute Gasteiger partial charge is 0.0635 e. The molecule has 4 nitrogen and oxygen atoms in total. The van der Waals surface area contributed by atoms with Crippen LogP contribution in [0, 0.1) is 0 Å². The molecule has 0 spiro atoms. The summed E-state index contributed by atoms with van der Waals surface area (Å²) < 4.78 is 0. The maximum Gasteiger partial charge on any atom is 0.0635 e. The molecule has 2 heterocycles. The van der Waals surface area contributed by atoms with Crippen LogP contribution in [0.5, 0.6) is 0 Å². The summed E-state index contributed by atoms with van der Waals surface area (Å²) in [6, 6.07) is 14.7. The van der Waals surface area contributed by atoms with Gasteiger partial charge in [0.15, 0.2) is 0 Å². The van der Waals surface area contributed by atoms with E-state index >= 15 is 0 Å². The van der Waals surface area contributed by atoms with Crippen molar-refractivity contribution in [3.63, 3.8) is 0 Å². The third kappa shape index (κ3) is 3.55. The Balaban J connectivity index is 1.43. The van der Waals surface area contributed by atoms with E-state index in [0.717, 1.165) is 26.1 Å². The quantitative estimate of drug-likeness (QED) is 0.692. The normalized spacial score (nSPS) is 17.9. The minimum absolute atomic E-state index is 0.448. The van der Waals surface area contributed by atoms with Gasteiger partial charge >= 0.3 is 0 Å². The number of nitrogens with one attached hydrogen (secondary N) is 1. The Morgan fingerprint density at radius 3 is 3.04 bits per heavy atom. The van der Waals surface area contributed by atoms with Gasteiger partial charge in [-0.15, -0.1) is 0 Å². The second-order valence-corrected chi connectivity index (χ2v) is 7.03. The van der Waals surface area contributed by atoms with Crippen LogP contribution in [0.25, 0.3) is 10.8 Å². The zero-order valence-corrected chi connectivity index (χ0v) is 14.7. The van der Waals surface area contributed by atoms with Gasteiger partial charge in [0.1, 0.15) is 0 Å². The van der Waals surface area contributed by atoms with Gasteiger partial charge in [-0.25, -0.2) is 0 Å². The van der Waals surface area contributed by atoms with Crippen LogP contribution in [0.3, 0.4) is 0 Å². The average molecular weight is 353 g/mol. The first-order valence-electron chi connectivity index (χ1n) is 8.54. The molecular weight excluding hydrogens is 332 g/mol. The van der Waals surface area contributed by atoms with Crippen LogP contribution < -0.4 is 11.1 Å². The van der Waals surface area contributed by atoms with Crippen molar-refractivity contribution in [2.24, 2.45) is 0 Å². The predicted octanol–water partition coefficient (Wildman–Crippen LogP) is 4.16. The highest BCUT2D eigenvalue weighted by Gasteiger charge is 2.22. The topological polar surface area (TPSA) is 54.2 Å². The van der Waals surface area contributed by atoms with Crippen LogP contribution in [0.1, 0.15) is 12.0 Å². The fourth-order valence-electron chi connectivity index (χ4n) is 3.51. The molecule has 0 aliphatic carbocycles. The number of aromatic nitrogens is 1. The predicted molar refractivity (Wildman–Crippen MR) is 105 cm³/mol. The Morgan fingerprint density at radius 2 is 2.16 bits per heavy atom. The lowest BCUT2D eigenvalue weighted by atomic mass is 10.1.